The van der Waals surface area contributed by atoms with Crippen molar-refractivity contribution < 1.29 is 50.9 Å². The second kappa shape index (κ2) is 13.7. The van der Waals surface area contributed by atoms with E-state index in [-0.39, 0.29) is 5.91 Å². The molecule has 216 valence electrons. The van der Waals surface area contributed by atoms with Crippen LogP contribution < -0.4 is 0 Å². The van der Waals surface area contributed by atoms with Crippen molar-refractivity contribution in [3.05, 3.63) is 52.5 Å². The van der Waals surface area contributed by atoms with Crippen molar-refractivity contribution in [3.8, 4) is 0 Å². The number of nitrogens with zero attached hydrogens (tertiary/aromatic N) is 3. The van der Waals surface area contributed by atoms with Gasteiger partial charge in [-0.25, -0.2) is 9.59 Å². The maximum absolute atomic E-state index is 12.5. The van der Waals surface area contributed by atoms with Crippen molar-refractivity contribution >= 4 is 29.2 Å². The lowest BCUT2D eigenvalue weighted by molar-refractivity contribution is -0.193. The maximum Gasteiger partial charge on any atom is 0.490 e. The molecule has 2 aliphatic rings. The molecule has 2 aromatic heterocycles. The van der Waals surface area contributed by atoms with E-state index < -0.39 is 24.3 Å². The van der Waals surface area contributed by atoms with Gasteiger partial charge < -0.3 is 15.1 Å². The molecule has 1 amide bonds. The molecule has 2 N–H and O–H groups in total. The number of carboxylic acids is 2. The van der Waals surface area contributed by atoms with Crippen LogP contribution in [0.3, 0.4) is 0 Å². The lowest BCUT2D eigenvalue weighted by atomic mass is 9.71. The molecule has 4 rings (SSSR count). The number of piperidine rings is 2. The molecule has 2 aromatic rings. The summed E-state index contributed by atoms with van der Waals surface area (Å²) in [5.74, 6) is -5.29. The van der Waals surface area contributed by atoms with Crippen molar-refractivity contribution in [1.29, 1.82) is 0 Å². The third kappa shape index (κ3) is 10.5. The van der Waals surface area contributed by atoms with E-state index in [1.165, 1.54) is 12.8 Å². The van der Waals surface area contributed by atoms with Gasteiger partial charge in [0.2, 0.25) is 0 Å². The molecule has 8 nitrogen and oxygen atoms in total. The van der Waals surface area contributed by atoms with Crippen molar-refractivity contribution in [3.63, 3.8) is 0 Å². The lowest BCUT2D eigenvalue weighted by Gasteiger charge is -2.46. The number of pyridine rings is 1. The van der Waals surface area contributed by atoms with Crippen molar-refractivity contribution in [2.75, 3.05) is 26.2 Å². The number of halogens is 6. The summed E-state index contributed by atoms with van der Waals surface area (Å²) in [5.41, 5.74) is 1.61. The number of likely N-dealkylation sites (tertiary alicyclic amines) is 2. The minimum absolute atomic E-state index is 0.220. The number of carbonyl (C=O) groups excluding carboxylic acids is 1. The molecule has 4 heterocycles. The number of carboxylic acid groups (broad SMARTS) is 2. The molecule has 0 aliphatic carbocycles. The zero-order valence-corrected chi connectivity index (χ0v) is 21.4. The minimum Gasteiger partial charge on any atom is -0.475 e. The van der Waals surface area contributed by atoms with Gasteiger partial charge in [-0.15, -0.1) is 11.3 Å². The Labute approximate surface area is 223 Å². The summed E-state index contributed by atoms with van der Waals surface area (Å²) in [5, 5.41) is 16.2. The van der Waals surface area contributed by atoms with Gasteiger partial charge in [0.25, 0.3) is 5.91 Å². The highest BCUT2D eigenvalue weighted by Crippen LogP contribution is 2.41. The summed E-state index contributed by atoms with van der Waals surface area (Å²) in [6.45, 7) is 5.08. The zero-order valence-electron chi connectivity index (χ0n) is 20.5. The van der Waals surface area contributed by atoms with Gasteiger partial charge >= 0.3 is 24.3 Å². The standard InChI is InChI=1S/C20H25N3OS.2C2HF3O2/c24-19(18-5-3-15-25-18)23-13-8-20(9-14-23)6-11-22(12-7-20)16-17-4-1-2-10-21-17;2*3-2(4,5)1(6)7/h1-5,10,15H,6-9,11-14,16H2;2*(H,6,7). The van der Waals surface area contributed by atoms with E-state index >= 15 is 0 Å². The fourth-order valence-corrected chi connectivity index (χ4v) is 4.84. The minimum atomic E-state index is -5.08. The zero-order chi connectivity index (χ0) is 29.3. The van der Waals surface area contributed by atoms with Gasteiger partial charge in [-0.3, -0.25) is 14.7 Å². The highest BCUT2D eigenvalue weighted by atomic mass is 32.1. The molecule has 15 heteroatoms. The van der Waals surface area contributed by atoms with Crippen LogP contribution in [0.2, 0.25) is 0 Å². The molecule has 2 saturated heterocycles. The van der Waals surface area contributed by atoms with Gasteiger partial charge in [0.05, 0.1) is 10.6 Å². The molecule has 2 aliphatic heterocycles. The summed E-state index contributed by atoms with van der Waals surface area (Å²) in [6, 6.07) is 10.0. The van der Waals surface area contributed by atoms with Crippen LogP contribution in [-0.2, 0) is 16.1 Å². The highest BCUT2D eigenvalue weighted by Gasteiger charge is 2.40. The third-order valence-corrected chi connectivity index (χ3v) is 7.21. The maximum atomic E-state index is 12.5. The molecule has 0 saturated carbocycles. The number of hydrogen-bond acceptors (Lipinski definition) is 6. The van der Waals surface area contributed by atoms with Gasteiger partial charge in [0.15, 0.2) is 0 Å². The van der Waals surface area contributed by atoms with E-state index in [0.717, 1.165) is 56.1 Å². The molecular formula is C24H27F6N3O5S. The Morgan fingerprint density at radius 2 is 1.36 bits per heavy atom. The normalized spacial score (nSPS) is 17.3. The number of carbonyl (C=O) groups is 3. The van der Waals surface area contributed by atoms with Gasteiger partial charge in [-0.2, -0.15) is 26.3 Å². The molecular weight excluding hydrogens is 556 g/mol. The quantitative estimate of drug-likeness (QED) is 0.493. The summed E-state index contributed by atoms with van der Waals surface area (Å²) in [7, 11) is 0. The molecule has 1 spiro atoms. The molecule has 0 bridgehead atoms. The average molecular weight is 584 g/mol. The lowest BCUT2D eigenvalue weighted by Crippen LogP contribution is -2.48. The van der Waals surface area contributed by atoms with Crippen LogP contribution in [-0.4, -0.2) is 81.4 Å². The number of rotatable bonds is 3. The van der Waals surface area contributed by atoms with E-state index in [1.807, 2.05) is 29.8 Å². The van der Waals surface area contributed by atoms with Crippen LogP contribution >= 0.6 is 11.3 Å². The Hall–Kier alpha value is -3.20. The SMILES string of the molecule is O=C(O)C(F)(F)F.O=C(O)C(F)(F)F.O=C(c1cccs1)N1CCC2(CCN(Cc3ccccn3)CC2)CC1. The number of thiophene rings is 1. The second-order valence-electron chi connectivity index (χ2n) is 8.97. The number of amides is 1. The second-order valence-corrected chi connectivity index (χ2v) is 9.92. The van der Waals surface area contributed by atoms with Crippen LogP contribution in [0.5, 0.6) is 0 Å². The fourth-order valence-electron chi connectivity index (χ4n) is 4.15. The molecule has 39 heavy (non-hydrogen) atoms. The first kappa shape index (κ1) is 32.0. The van der Waals surface area contributed by atoms with E-state index in [0.29, 0.717) is 5.41 Å². The molecule has 2 fully saturated rings. The van der Waals surface area contributed by atoms with E-state index in [2.05, 4.69) is 26.9 Å². The Kier molecular flexibility index (Phi) is 11.3. The number of aliphatic carboxylic acids is 2. The first-order chi connectivity index (χ1) is 18.1. The summed E-state index contributed by atoms with van der Waals surface area (Å²) in [4.78, 5) is 40.2. The fraction of sp³-hybridized carbons (Fsp3) is 0.500. The molecule has 0 atom stereocenters. The largest absolute Gasteiger partial charge is 0.490 e. The van der Waals surface area contributed by atoms with E-state index in [1.54, 1.807) is 11.3 Å². The van der Waals surface area contributed by atoms with Crippen LogP contribution in [0.1, 0.15) is 41.0 Å². The summed E-state index contributed by atoms with van der Waals surface area (Å²) >= 11 is 1.55. The predicted octanol–water partition coefficient (Wildman–Crippen LogP) is 4.93. The van der Waals surface area contributed by atoms with E-state index in [9.17, 15) is 31.1 Å². The van der Waals surface area contributed by atoms with Crippen molar-refractivity contribution in [2.45, 2.75) is 44.6 Å². The number of alkyl halides is 6. The van der Waals surface area contributed by atoms with Crippen molar-refractivity contribution in [1.82, 2.24) is 14.8 Å². The smallest absolute Gasteiger partial charge is 0.475 e. The van der Waals surface area contributed by atoms with Crippen LogP contribution in [0.4, 0.5) is 26.3 Å². The van der Waals surface area contributed by atoms with Crippen LogP contribution in [0, 0.1) is 5.41 Å². The van der Waals surface area contributed by atoms with Crippen LogP contribution in [0.15, 0.2) is 41.9 Å². The first-order valence-corrected chi connectivity index (χ1v) is 12.6. The summed E-state index contributed by atoms with van der Waals surface area (Å²) in [6.07, 6.45) is -3.48. The third-order valence-electron chi connectivity index (χ3n) is 6.36. The van der Waals surface area contributed by atoms with Gasteiger partial charge in [-0.1, -0.05) is 12.1 Å². The molecule has 0 aromatic carbocycles. The highest BCUT2D eigenvalue weighted by molar-refractivity contribution is 7.12. The Balaban J connectivity index is 0.000000317. The molecule has 0 unspecified atom stereocenters. The monoisotopic (exact) mass is 583 g/mol. The summed E-state index contributed by atoms with van der Waals surface area (Å²) < 4.78 is 63.5. The molecule has 0 radical (unpaired) electrons. The number of aromatic nitrogens is 1. The average Bonchev–Trinajstić information content (AvgIpc) is 3.41. The number of hydrogen-bond donors (Lipinski definition) is 2. The Bertz CT molecular complexity index is 1040. The predicted molar refractivity (Wildman–Crippen MR) is 128 cm³/mol. The van der Waals surface area contributed by atoms with Gasteiger partial charge in [0, 0.05) is 25.8 Å². The Morgan fingerprint density at radius 3 is 1.77 bits per heavy atom. The van der Waals surface area contributed by atoms with Crippen molar-refractivity contribution in [2.24, 2.45) is 5.41 Å². The van der Waals surface area contributed by atoms with Crippen LogP contribution in [0.25, 0.3) is 0 Å². The topological polar surface area (TPSA) is 111 Å². The Morgan fingerprint density at radius 1 is 0.846 bits per heavy atom. The van der Waals surface area contributed by atoms with E-state index in [4.69, 9.17) is 19.8 Å². The first-order valence-electron chi connectivity index (χ1n) is 11.7. The van der Waals surface area contributed by atoms with Gasteiger partial charge in [-0.05, 0) is 67.8 Å². The van der Waals surface area contributed by atoms with Gasteiger partial charge in [0.1, 0.15) is 0 Å².